The molecule has 0 fully saturated rings. The van der Waals surface area contributed by atoms with Crippen LogP contribution in [0.1, 0.15) is 52.4 Å². The fourth-order valence-corrected chi connectivity index (χ4v) is 2.22. The zero-order valence-corrected chi connectivity index (χ0v) is 12.5. The molecule has 2 N–H and O–H groups in total. The van der Waals surface area contributed by atoms with Gasteiger partial charge in [0.25, 0.3) is 0 Å². The molecule has 0 spiro atoms. The number of halogens is 2. The minimum atomic E-state index is -0.370. The molecule has 104 valence electrons. The van der Waals surface area contributed by atoms with Gasteiger partial charge in [-0.05, 0) is 31.1 Å². The predicted octanol–water partition coefficient (Wildman–Crippen LogP) is 3.55. The average molecular weight is 285 g/mol. The first-order valence-corrected chi connectivity index (χ1v) is 7.46. The van der Waals surface area contributed by atoms with E-state index in [9.17, 15) is 10.2 Å². The molecule has 0 rings (SSSR count). The first-order chi connectivity index (χ1) is 7.91. The van der Waals surface area contributed by atoms with Crippen LogP contribution < -0.4 is 0 Å². The summed E-state index contributed by atoms with van der Waals surface area (Å²) in [6.07, 6.45) is 4.97. The molecule has 4 heteroatoms. The summed E-state index contributed by atoms with van der Waals surface area (Å²) in [6, 6.07) is 0. The van der Waals surface area contributed by atoms with Gasteiger partial charge in [0.2, 0.25) is 0 Å². The van der Waals surface area contributed by atoms with Crippen LogP contribution in [-0.4, -0.2) is 34.2 Å². The van der Waals surface area contributed by atoms with Crippen LogP contribution >= 0.6 is 23.2 Å². The molecule has 0 aromatic heterocycles. The highest BCUT2D eigenvalue weighted by atomic mass is 35.5. The van der Waals surface area contributed by atoms with Crippen LogP contribution in [0.4, 0.5) is 0 Å². The molecule has 17 heavy (non-hydrogen) atoms. The van der Waals surface area contributed by atoms with Crippen molar-refractivity contribution >= 4 is 23.2 Å². The molecule has 0 radical (unpaired) electrons. The van der Waals surface area contributed by atoms with Crippen LogP contribution in [0.3, 0.4) is 0 Å². The van der Waals surface area contributed by atoms with Gasteiger partial charge in [0, 0.05) is 11.8 Å². The third-order valence-corrected chi connectivity index (χ3v) is 3.85. The summed E-state index contributed by atoms with van der Waals surface area (Å²) in [4.78, 5) is 0. The maximum atomic E-state index is 9.36. The van der Waals surface area contributed by atoms with Gasteiger partial charge in [0.15, 0.2) is 0 Å². The Morgan fingerprint density at radius 1 is 0.882 bits per heavy atom. The maximum Gasteiger partial charge on any atom is 0.0675 e. The maximum absolute atomic E-state index is 9.36. The van der Waals surface area contributed by atoms with Gasteiger partial charge in [0.1, 0.15) is 0 Å². The van der Waals surface area contributed by atoms with Crippen LogP contribution in [0.15, 0.2) is 0 Å². The molecule has 2 unspecified atom stereocenters. The van der Waals surface area contributed by atoms with E-state index in [1.165, 1.54) is 0 Å². The zero-order valence-electron chi connectivity index (χ0n) is 11.0. The molecule has 0 saturated heterocycles. The monoisotopic (exact) mass is 284 g/mol. The van der Waals surface area contributed by atoms with E-state index in [4.69, 9.17) is 23.2 Å². The van der Waals surface area contributed by atoms with Crippen LogP contribution in [0, 0.1) is 5.41 Å². The third kappa shape index (κ3) is 10.1. The quantitative estimate of drug-likeness (QED) is 0.603. The summed E-state index contributed by atoms with van der Waals surface area (Å²) < 4.78 is 0. The normalized spacial score (nSPS) is 15.9. The Kier molecular flexibility index (Phi) is 9.71. The van der Waals surface area contributed by atoms with E-state index in [0.29, 0.717) is 11.8 Å². The van der Waals surface area contributed by atoms with Gasteiger partial charge in [-0.15, -0.1) is 23.2 Å². The summed E-state index contributed by atoms with van der Waals surface area (Å²) in [5, 5.41) is 18.7. The van der Waals surface area contributed by atoms with E-state index in [1.807, 2.05) is 0 Å². The van der Waals surface area contributed by atoms with E-state index < -0.39 is 0 Å². The molecular formula is C13H26Cl2O2. The number of hydrogen-bond acceptors (Lipinski definition) is 2. The van der Waals surface area contributed by atoms with E-state index >= 15 is 0 Å². The lowest BCUT2D eigenvalue weighted by molar-refractivity contribution is 0.163. The summed E-state index contributed by atoms with van der Waals surface area (Å²) in [5.74, 6) is 0.644. The van der Waals surface area contributed by atoms with E-state index in [2.05, 4.69) is 13.8 Å². The second-order valence-corrected chi connectivity index (χ2v) is 6.18. The first-order valence-electron chi connectivity index (χ1n) is 6.39. The molecule has 2 atom stereocenters. The second kappa shape index (κ2) is 9.43. The SMILES string of the molecule is CC(C)(CCCC(O)CCl)CCCC(O)CCl. The third-order valence-electron chi connectivity index (χ3n) is 3.14. The molecule has 0 saturated carbocycles. The van der Waals surface area contributed by atoms with Crippen molar-refractivity contribution in [1.82, 2.24) is 0 Å². The lowest BCUT2D eigenvalue weighted by atomic mass is 9.82. The van der Waals surface area contributed by atoms with E-state index in [1.54, 1.807) is 0 Å². The summed E-state index contributed by atoms with van der Waals surface area (Å²) in [7, 11) is 0. The highest BCUT2D eigenvalue weighted by Crippen LogP contribution is 2.30. The van der Waals surface area contributed by atoms with E-state index in [-0.39, 0.29) is 17.6 Å². The van der Waals surface area contributed by atoms with Crippen LogP contribution in [0.2, 0.25) is 0 Å². The van der Waals surface area contributed by atoms with Gasteiger partial charge >= 0.3 is 0 Å². The summed E-state index contributed by atoms with van der Waals surface area (Å²) in [6.45, 7) is 4.46. The summed E-state index contributed by atoms with van der Waals surface area (Å²) in [5.41, 5.74) is 0.262. The molecule has 2 nitrogen and oxygen atoms in total. The number of alkyl halides is 2. The lowest BCUT2D eigenvalue weighted by Gasteiger charge is -2.25. The molecule has 0 aliphatic heterocycles. The van der Waals surface area contributed by atoms with Crippen LogP contribution in [-0.2, 0) is 0 Å². The molecule has 0 heterocycles. The Balaban J connectivity index is 3.65. The Hall–Kier alpha value is 0.500. The number of hydrogen-bond donors (Lipinski definition) is 2. The molecule has 0 amide bonds. The van der Waals surface area contributed by atoms with Gasteiger partial charge in [-0.2, -0.15) is 0 Å². The van der Waals surface area contributed by atoms with Crippen molar-refractivity contribution in [2.24, 2.45) is 5.41 Å². The highest BCUT2D eigenvalue weighted by Gasteiger charge is 2.18. The fraction of sp³-hybridized carbons (Fsp3) is 1.00. The average Bonchev–Trinajstić information content (AvgIpc) is 2.27. The Labute approximate surface area is 115 Å². The fourth-order valence-electron chi connectivity index (χ4n) is 1.91. The van der Waals surface area contributed by atoms with Crippen molar-refractivity contribution in [2.45, 2.75) is 64.6 Å². The van der Waals surface area contributed by atoms with Gasteiger partial charge < -0.3 is 10.2 Å². The Morgan fingerprint density at radius 2 is 1.24 bits per heavy atom. The summed E-state index contributed by atoms with van der Waals surface area (Å²) >= 11 is 11.1. The molecule has 0 aliphatic rings. The van der Waals surface area contributed by atoms with Gasteiger partial charge in [0.05, 0.1) is 12.2 Å². The van der Waals surface area contributed by atoms with Crippen molar-refractivity contribution in [3.8, 4) is 0 Å². The smallest absolute Gasteiger partial charge is 0.0675 e. The minimum Gasteiger partial charge on any atom is -0.392 e. The zero-order chi connectivity index (χ0) is 13.3. The Bertz CT molecular complexity index is 168. The van der Waals surface area contributed by atoms with E-state index in [0.717, 1.165) is 38.5 Å². The number of aliphatic hydroxyl groups excluding tert-OH is 2. The molecule has 0 aromatic carbocycles. The molecule has 0 bridgehead atoms. The predicted molar refractivity (Wildman–Crippen MR) is 74.9 cm³/mol. The van der Waals surface area contributed by atoms with Gasteiger partial charge in [-0.3, -0.25) is 0 Å². The second-order valence-electron chi connectivity index (χ2n) is 5.56. The van der Waals surface area contributed by atoms with Crippen molar-refractivity contribution in [2.75, 3.05) is 11.8 Å². The molecular weight excluding hydrogens is 259 g/mol. The number of rotatable bonds is 10. The topological polar surface area (TPSA) is 40.5 Å². The van der Waals surface area contributed by atoms with Crippen molar-refractivity contribution in [1.29, 1.82) is 0 Å². The highest BCUT2D eigenvalue weighted by molar-refractivity contribution is 6.18. The first kappa shape index (κ1) is 17.5. The molecule has 0 aromatic rings. The standard InChI is InChI=1S/C13H26Cl2O2/c1-13(2,7-3-5-11(16)9-14)8-4-6-12(17)10-15/h11-12,16-17H,3-10H2,1-2H3. The Morgan fingerprint density at radius 3 is 1.53 bits per heavy atom. The van der Waals surface area contributed by atoms with Crippen molar-refractivity contribution < 1.29 is 10.2 Å². The van der Waals surface area contributed by atoms with Crippen LogP contribution in [0.5, 0.6) is 0 Å². The van der Waals surface area contributed by atoms with Crippen molar-refractivity contribution in [3.05, 3.63) is 0 Å². The lowest BCUT2D eigenvalue weighted by Crippen LogP contribution is -2.16. The largest absolute Gasteiger partial charge is 0.392 e. The van der Waals surface area contributed by atoms with Crippen molar-refractivity contribution in [3.63, 3.8) is 0 Å². The van der Waals surface area contributed by atoms with Gasteiger partial charge in [-0.25, -0.2) is 0 Å². The number of aliphatic hydroxyl groups is 2. The van der Waals surface area contributed by atoms with Gasteiger partial charge in [-0.1, -0.05) is 26.7 Å². The molecule has 0 aliphatic carbocycles. The minimum absolute atomic E-state index is 0.262. The van der Waals surface area contributed by atoms with Crippen LogP contribution in [0.25, 0.3) is 0 Å².